The number of aryl methyl sites for hydroxylation is 2. The Morgan fingerprint density at radius 1 is 1.00 bits per heavy atom. The van der Waals surface area contributed by atoms with Crippen molar-refractivity contribution in [3.63, 3.8) is 0 Å². The summed E-state index contributed by atoms with van der Waals surface area (Å²) < 4.78 is 0. The third-order valence-corrected chi connectivity index (χ3v) is 2.99. The molecule has 0 aromatic heterocycles. The Morgan fingerprint density at radius 3 is 1.78 bits per heavy atom. The van der Waals surface area contributed by atoms with E-state index in [1.165, 1.54) is 16.7 Å². The van der Waals surface area contributed by atoms with Crippen molar-refractivity contribution >= 4 is 5.57 Å². The van der Waals surface area contributed by atoms with Gasteiger partial charge in [0.25, 0.3) is 0 Å². The summed E-state index contributed by atoms with van der Waals surface area (Å²) in [6.07, 6.45) is 20.0. The van der Waals surface area contributed by atoms with E-state index in [0.717, 1.165) is 18.4 Å². The van der Waals surface area contributed by atoms with Crippen molar-refractivity contribution < 1.29 is 38.6 Å². The third-order valence-electron chi connectivity index (χ3n) is 2.99. The second kappa shape index (κ2) is 14.7. The Hall–Kier alpha value is -0.907. The van der Waals surface area contributed by atoms with E-state index in [-0.39, 0.29) is 38.6 Å². The number of benzene rings is 1. The van der Waals surface area contributed by atoms with Crippen LogP contribution in [0.1, 0.15) is 36.5 Å². The molecule has 1 aromatic carbocycles. The average Bonchev–Trinajstić information content (AvgIpc) is 3.19. The van der Waals surface area contributed by atoms with Crippen LogP contribution < -0.4 is 12.4 Å². The summed E-state index contributed by atoms with van der Waals surface area (Å²) in [6.45, 7) is 11.8. The molecule has 0 atom stereocenters. The van der Waals surface area contributed by atoms with E-state index in [0.29, 0.717) is 0 Å². The second-order valence-electron chi connectivity index (χ2n) is 5.01. The molecule has 0 nitrogen and oxygen atoms in total. The largest absolute Gasteiger partial charge is 4.00 e. The van der Waals surface area contributed by atoms with Gasteiger partial charge in [-0.3, -0.25) is 18.7 Å². The molecule has 3 rings (SSSR count). The fourth-order valence-electron chi connectivity index (χ4n) is 1.84. The minimum absolute atomic E-state index is 0. The number of hydrogen-bond acceptors (Lipinski definition) is 0. The van der Waals surface area contributed by atoms with Gasteiger partial charge in [-0.05, 0) is 6.92 Å². The van der Waals surface area contributed by atoms with Gasteiger partial charge in [0.1, 0.15) is 0 Å². The number of allylic oxidation sites excluding steroid dienone is 9. The molecule has 2 aliphatic rings. The van der Waals surface area contributed by atoms with Gasteiger partial charge in [0.15, 0.2) is 0 Å². The van der Waals surface area contributed by atoms with E-state index < -0.39 is 0 Å². The topological polar surface area (TPSA) is 0 Å². The number of rotatable bonds is 1. The molecule has 0 N–H and O–H groups in total. The predicted molar refractivity (Wildman–Crippen MR) is 92.4 cm³/mol. The number of hydrogen-bond donors (Lipinski definition) is 0. The van der Waals surface area contributed by atoms with Crippen molar-refractivity contribution in [2.75, 3.05) is 0 Å². The van der Waals surface area contributed by atoms with E-state index in [1.54, 1.807) is 0 Å². The SMILES string of the molecule is [C-]1=CC=CC1.[C-]1=CC=CC1.[CH-]=C(C)c1cc(C)ccc1C.[Cl-].[Zr+4]. The van der Waals surface area contributed by atoms with Crippen LogP contribution in [0.5, 0.6) is 0 Å². The van der Waals surface area contributed by atoms with E-state index in [2.05, 4.69) is 56.4 Å². The summed E-state index contributed by atoms with van der Waals surface area (Å²) in [5.74, 6) is 0. The van der Waals surface area contributed by atoms with Gasteiger partial charge in [0.05, 0.1) is 0 Å². The summed E-state index contributed by atoms with van der Waals surface area (Å²) in [5.41, 5.74) is 4.57. The smallest absolute Gasteiger partial charge is 1.00 e. The van der Waals surface area contributed by atoms with Crippen molar-refractivity contribution in [1.82, 2.24) is 0 Å². The molecule has 0 bridgehead atoms. The third kappa shape index (κ3) is 11.3. The quantitative estimate of drug-likeness (QED) is 0.635. The molecule has 0 aliphatic heterocycles. The van der Waals surface area contributed by atoms with Crippen LogP contribution in [0, 0.1) is 32.6 Å². The van der Waals surface area contributed by atoms with Crippen molar-refractivity contribution in [3.05, 3.63) is 90.1 Å². The molecular formula is C21H23ClZr. The van der Waals surface area contributed by atoms with Gasteiger partial charge >= 0.3 is 26.2 Å². The molecule has 23 heavy (non-hydrogen) atoms. The standard InChI is InChI=1S/C11H13.2C5H5.ClH.Zr/c1-8(2)11-7-9(3)5-6-10(11)4;2*1-2-4-5-3-1;;/h1,5-7H,2-4H3;2*1-3H,4H2;1H;/q3*-1;;+4/p-1. The van der Waals surface area contributed by atoms with Crippen molar-refractivity contribution in [2.24, 2.45) is 0 Å². The van der Waals surface area contributed by atoms with Crippen LogP contribution in [-0.4, -0.2) is 0 Å². The maximum atomic E-state index is 5.70. The zero-order valence-corrected chi connectivity index (χ0v) is 17.3. The van der Waals surface area contributed by atoms with Crippen LogP contribution in [-0.2, 0) is 26.2 Å². The van der Waals surface area contributed by atoms with Crippen molar-refractivity contribution in [2.45, 2.75) is 33.6 Å². The summed E-state index contributed by atoms with van der Waals surface area (Å²) in [6, 6.07) is 6.31. The van der Waals surface area contributed by atoms with Crippen LogP contribution >= 0.6 is 0 Å². The number of halogens is 1. The van der Waals surface area contributed by atoms with Gasteiger partial charge < -0.3 is 12.4 Å². The molecule has 0 unspecified atom stereocenters. The second-order valence-corrected chi connectivity index (χ2v) is 5.01. The minimum Gasteiger partial charge on any atom is -1.00 e. The van der Waals surface area contributed by atoms with Gasteiger partial charge in [0, 0.05) is 0 Å². The molecule has 0 saturated heterocycles. The summed E-state index contributed by atoms with van der Waals surface area (Å²) in [5, 5.41) is 0. The van der Waals surface area contributed by atoms with Crippen LogP contribution in [0.3, 0.4) is 0 Å². The van der Waals surface area contributed by atoms with Crippen molar-refractivity contribution in [1.29, 1.82) is 0 Å². The first-order valence-electron chi connectivity index (χ1n) is 7.21. The molecule has 0 fully saturated rings. The van der Waals surface area contributed by atoms with Crippen LogP contribution in [0.4, 0.5) is 0 Å². The Morgan fingerprint density at radius 2 is 1.52 bits per heavy atom. The Kier molecular flexibility index (Phi) is 15.5. The summed E-state index contributed by atoms with van der Waals surface area (Å²) >= 11 is 0. The van der Waals surface area contributed by atoms with Gasteiger partial charge in [-0.1, -0.05) is 31.5 Å². The van der Waals surface area contributed by atoms with Gasteiger partial charge in [-0.2, -0.15) is 17.7 Å². The zero-order chi connectivity index (χ0) is 15.5. The van der Waals surface area contributed by atoms with Gasteiger partial charge in [-0.25, -0.2) is 29.9 Å². The maximum Gasteiger partial charge on any atom is 4.00 e. The molecule has 0 saturated carbocycles. The summed E-state index contributed by atoms with van der Waals surface area (Å²) in [7, 11) is 0. The molecule has 2 heteroatoms. The maximum absolute atomic E-state index is 5.70. The first-order chi connectivity index (χ1) is 10.1. The fourth-order valence-corrected chi connectivity index (χ4v) is 1.84. The Labute approximate surface area is 167 Å². The van der Waals surface area contributed by atoms with E-state index in [4.69, 9.17) is 6.58 Å². The molecule has 2 aliphatic carbocycles. The first kappa shape index (κ1) is 24.3. The molecule has 0 amide bonds. The predicted octanol–water partition coefficient (Wildman–Crippen LogP) is 2.75. The van der Waals surface area contributed by atoms with Gasteiger partial charge in [0.2, 0.25) is 0 Å². The molecular weight excluding hydrogens is 379 g/mol. The van der Waals surface area contributed by atoms with Crippen LogP contribution in [0.15, 0.2) is 54.7 Å². The van der Waals surface area contributed by atoms with E-state index >= 15 is 0 Å². The first-order valence-corrected chi connectivity index (χ1v) is 7.21. The van der Waals surface area contributed by atoms with Crippen LogP contribution in [0.2, 0.25) is 0 Å². The monoisotopic (exact) mass is 400 g/mol. The van der Waals surface area contributed by atoms with E-state index in [9.17, 15) is 0 Å². The summed E-state index contributed by atoms with van der Waals surface area (Å²) in [4.78, 5) is 0. The van der Waals surface area contributed by atoms with Crippen LogP contribution in [0.25, 0.3) is 5.57 Å². The molecule has 0 heterocycles. The molecule has 118 valence electrons. The van der Waals surface area contributed by atoms with Crippen molar-refractivity contribution in [3.8, 4) is 0 Å². The van der Waals surface area contributed by atoms with Gasteiger partial charge in [-0.15, -0.1) is 24.5 Å². The zero-order valence-electron chi connectivity index (χ0n) is 14.1. The van der Waals surface area contributed by atoms with E-state index in [1.807, 2.05) is 31.2 Å². The Bertz CT molecular complexity index is 536. The molecule has 1 aromatic rings. The average molecular weight is 402 g/mol. The Balaban J connectivity index is 0. The molecule has 0 radical (unpaired) electrons. The normalized spacial score (nSPS) is 12.3. The molecule has 0 spiro atoms. The minimum atomic E-state index is 0. The fraction of sp³-hybridized carbons (Fsp3) is 0.238.